The number of carbonyl (C=O) groups excluding carboxylic acids is 1. The van der Waals surface area contributed by atoms with Gasteiger partial charge in [-0.05, 0) is 42.3 Å². The van der Waals surface area contributed by atoms with Crippen molar-refractivity contribution in [2.45, 2.75) is 39.5 Å². The van der Waals surface area contributed by atoms with Gasteiger partial charge in [-0.15, -0.1) is 24.0 Å². The zero-order valence-electron chi connectivity index (χ0n) is 18.3. The first kappa shape index (κ1) is 27.4. The predicted molar refractivity (Wildman–Crippen MR) is 132 cm³/mol. The van der Waals surface area contributed by atoms with Crippen LogP contribution >= 0.6 is 24.0 Å². The lowest BCUT2D eigenvalue weighted by Gasteiger charge is -2.16. The van der Waals surface area contributed by atoms with Gasteiger partial charge < -0.3 is 25.4 Å². The van der Waals surface area contributed by atoms with Crippen molar-refractivity contribution in [1.29, 1.82) is 0 Å². The van der Waals surface area contributed by atoms with Gasteiger partial charge in [0.1, 0.15) is 11.5 Å². The van der Waals surface area contributed by atoms with E-state index >= 15 is 0 Å². The lowest BCUT2D eigenvalue weighted by molar-refractivity contribution is -0.116. The molecule has 1 amide bonds. The maximum absolute atomic E-state index is 12.7. The predicted octanol–water partition coefficient (Wildman–Crippen LogP) is 4.52. The van der Waals surface area contributed by atoms with Crippen molar-refractivity contribution in [2.75, 3.05) is 19.5 Å². The molecular weight excluding hydrogens is 533 g/mol. The van der Waals surface area contributed by atoms with Crippen LogP contribution in [0.1, 0.15) is 30.9 Å². The number of hydrogen-bond acceptors (Lipinski definition) is 4. The molecule has 0 heterocycles. The summed E-state index contributed by atoms with van der Waals surface area (Å²) in [6.07, 6.45) is 1.26. The van der Waals surface area contributed by atoms with Crippen molar-refractivity contribution in [1.82, 2.24) is 10.6 Å². The zero-order chi connectivity index (χ0) is 22.6. The van der Waals surface area contributed by atoms with Crippen LogP contribution in [0, 0.1) is 0 Å². The van der Waals surface area contributed by atoms with Gasteiger partial charge in [0, 0.05) is 37.8 Å². The standard InChI is InChI=1S/C22H28F2N4O3.HI/c1-4-6-20(29)28-17-8-5-7-15(11-17)13-26-22(25-2)27-14-16-12-18(30-3)9-10-19(16)31-21(23)24;/h5,7-12,21H,4,6,13-14H2,1-3H3,(H,28,29)(H2,25,26,27);1H. The van der Waals surface area contributed by atoms with Gasteiger partial charge >= 0.3 is 6.61 Å². The van der Waals surface area contributed by atoms with Crippen molar-refractivity contribution in [3.8, 4) is 11.5 Å². The van der Waals surface area contributed by atoms with Crippen LogP contribution in [0.2, 0.25) is 0 Å². The maximum atomic E-state index is 12.7. The topological polar surface area (TPSA) is 84.0 Å². The van der Waals surface area contributed by atoms with Crippen molar-refractivity contribution in [2.24, 2.45) is 4.99 Å². The van der Waals surface area contributed by atoms with Crippen molar-refractivity contribution < 1.29 is 23.0 Å². The van der Waals surface area contributed by atoms with Crippen LogP contribution in [0.4, 0.5) is 14.5 Å². The lowest BCUT2D eigenvalue weighted by atomic mass is 10.2. The number of alkyl halides is 2. The molecule has 0 aromatic heterocycles. The molecule has 2 aromatic rings. The van der Waals surface area contributed by atoms with E-state index in [1.807, 2.05) is 31.2 Å². The van der Waals surface area contributed by atoms with Crippen LogP contribution in [0.3, 0.4) is 0 Å². The third kappa shape index (κ3) is 9.25. The molecule has 0 saturated carbocycles. The van der Waals surface area contributed by atoms with E-state index < -0.39 is 6.61 Å². The number of methoxy groups -OCH3 is 1. The monoisotopic (exact) mass is 562 g/mol. The second-order valence-corrected chi connectivity index (χ2v) is 6.63. The average molecular weight is 562 g/mol. The molecule has 0 unspecified atom stereocenters. The highest BCUT2D eigenvalue weighted by Gasteiger charge is 2.12. The van der Waals surface area contributed by atoms with Crippen molar-refractivity contribution in [3.05, 3.63) is 53.6 Å². The van der Waals surface area contributed by atoms with Gasteiger partial charge in [-0.3, -0.25) is 9.79 Å². The Balaban J connectivity index is 0.00000512. The Hall–Kier alpha value is -2.63. The number of anilines is 1. The van der Waals surface area contributed by atoms with E-state index in [1.165, 1.54) is 13.2 Å². The molecular formula is C22H29F2IN4O3. The first-order valence-corrected chi connectivity index (χ1v) is 9.90. The summed E-state index contributed by atoms with van der Waals surface area (Å²) in [5, 5.41) is 9.09. The Bertz CT molecular complexity index is 897. The first-order chi connectivity index (χ1) is 14.9. The number of rotatable bonds is 10. The molecule has 0 bridgehead atoms. The van der Waals surface area contributed by atoms with E-state index in [9.17, 15) is 13.6 Å². The molecule has 0 atom stereocenters. The van der Waals surface area contributed by atoms with Crippen molar-refractivity contribution >= 4 is 41.5 Å². The molecule has 32 heavy (non-hydrogen) atoms. The molecule has 2 rings (SSSR count). The summed E-state index contributed by atoms with van der Waals surface area (Å²) in [6, 6.07) is 12.1. The summed E-state index contributed by atoms with van der Waals surface area (Å²) in [4.78, 5) is 15.9. The molecule has 0 fully saturated rings. The number of aliphatic imine (C=N–C) groups is 1. The van der Waals surface area contributed by atoms with Crippen LogP contribution in [0.25, 0.3) is 0 Å². The van der Waals surface area contributed by atoms with Crippen LogP contribution in [0.5, 0.6) is 11.5 Å². The number of nitrogens with zero attached hydrogens (tertiary/aromatic N) is 1. The lowest BCUT2D eigenvalue weighted by Crippen LogP contribution is -2.36. The first-order valence-electron chi connectivity index (χ1n) is 9.90. The largest absolute Gasteiger partial charge is 0.497 e. The molecule has 0 aliphatic rings. The number of nitrogens with one attached hydrogen (secondary N) is 3. The number of amides is 1. The SMILES string of the molecule is CCCC(=O)Nc1cccc(CNC(=NC)NCc2cc(OC)ccc2OC(F)F)c1.I. The van der Waals surface area contributed by atoms with Gasteiger partial charge in [-0.2, -0.15) is 8.78 Å². The number of benzene rings is 2. The van der Waals surface area contributed by atoms with E-state index in [1.54, 1.807) is 19.2 Å². The van der Waals surface area contributed by atoms with E-state index in [4.69, 9.17) is 4.74 Å². The Morgan fingerprint density at radius 2 is 1.88 bits per heavy atom. The van der Waals surface area contributed by atoms with Crippen LogP contribution in [-0.4, -0.2) is 32.6 Å². The molecule has 176 valence electrons. The molecule has 0 spiro atoms. The summed E-state index contributed by atoms with van der Waals surface area (Å²) in [7, 11) is 3.11. The summed E-state index contributed by atoms with van der Waals surface area (Å²) in [6.45, 7) is -0.316. The van der Waals surface area contributed by atoms with Crippen LogP contribution in [0.15, 0.2) is 47.5 Å². The molecule has 7 nitrogen and oxygen atoms in total. The molecule has 0 radical (unpaired) electrons. The van der Waals surface area contributed by atoms with Gasteiger partial charge in [0.05, 0.1) is 7.11 Å². The summed E-state index contributed by atoms with van der Waals surface area (Å²) in [5.41, 5.74) is 2.18. The van der Waals surface area contributed by atoms with Gasteiger partial charge in [-0.25, -0.2) is 0 Å². The number of hydrogen-bond donors (Lipinski definition) is 3. The molecule has 0 saturated heterocycles. The van der Waals surface area contributed by atoms with Crippen LogP contribution in [-0.2, 0) is 17.9 Å². The van der Waals surface area contributed by atoms with E-state index in [2.05, 4.69) is 25.7 Å². The van der Waals surface area contributed by atoms with Gasteiger partial charge in [-0.1, -0.05) is 19.1 Å². The van der Waals surface area contributed by atoms with Gasteiger partial charge in [0.25, 0.3) is 0 Å². The maximum Gasteiger partial charge on any atom is 0.387 e. The summed E-state index contributed by atoms with van der Waals surface area (Å²) in [5.74, 6) is 1.05. The molecule has 10 heteroatoms. The highest BCUT2D eigenvalue weighted by molar-refractivity contribution is 14.0. The molecule has 2 aromatic carbocycles. The minimum absolute atomic E-state index is 0. The summed E-state index contributed by atoms with van der Waals surface area (Å²) >= 11 is 0. The Morgan fingerprint density at radius 1 is 1.12 bits per heavy atom. The second kappa shape index (κ2) is 14.4. The van der Waals surface area contributed by atoms with Gasteiger partial charge in [0.15, 0.2) is 5.96 Å². The number of ether oxygens (including phenoxy) is 2. The minimum Gasteiger partial charge on any atom is -0.497 e. The molecule has 0 aliphatic carbocycles. The van der Waals surface area contributed by atoms with E-state index in [-0.39, 0.29) is 42.2 Å². The quantitative estimate of drug-likeness (QED) is 0.226. The fourth-order valence-electron chi connectivity index (χ4n) is 2.83. The minimum atomic E-state index is -2.92. The Morgan fingerprint density at radius 3 is 2.53 bits per heavy atom. The molecule has 3 N–H and O–H groups in total. The van der Waals surface area contributed by atoms with Crippen LogP contribution < -0.4 is 25.4 Å². The Labute approximate surface area is 204 Å². The number of carbonyl (C=O) groups is 1. The number of halogens is 3. The fraction of sp³-hybridized carbons (Fsp3) is 0.364. The highest BCUT2D eigenvalue weighted by atomic mass is 127. The van der Waals surface area contributed by atoms with E-state index in [0.29, 0.717) is 30.2 Å². The number of guanidine groups is 1. The Kier molecular flexibility index (Phi) is 12.4. The van der Waals surface area contributed by atoms with Gasteiger partial charge in [0.2, 0.25) is 5.91 Å². The third-order valence-corrected chi connectivity index (χ3v) is 4.30. The molecule has 0 aliphatic heterocycles. The normalized spacial score (nSPS) is 10.9. The highest BCUT2D eigenvalue weighted by Crippen LogP contribution is 2.25. The summed E-state index contributed by atoms with van der Waals surface area (Å²) < 4.78 is 35.1. The smallest absolute Gasteiger partial charge is 0.387 e. The van der Waals surface area contributed by atoms with E-state index in [0.717, 1.165) is 17.7 Å². The zero-order valence-corrected chi connectivity index (χ0v) is 20.6. The average Bonchev–Trinajstić information content (AvgIpc) is 2.74. The third-order valence-electron chi connectivity index (χ3n) is 4.30. The van der Waals surface area contributed by atoms with Crippen molar-refractivity contribution in [3.63, 3.8) is 0 Å². The fourth-order valence-corrected chi connectivity index (χ4v) is 2.83. The second-order valence-electron chi connectivity index (χ2n) is 6.63.